The van der Waals surface area contributed by atoms with Crippen LogP contribution in [0.4, 0.5) is 0 Å². The van der Waals surface area contributed by atoms with Gasteiger partial charge in [0.2, 0.25) is 0 Å². The van der Waals surface area contributed by atoms with E-state index in [9.17, 15) is 9.59 Å². The Balaban J connectivity index is 3.73. The van der Waals surface area contributed by atoms with Crippen LogP contribution in [0.5, 0.6) is 0 Å². The predicted octanol–water partition coefficient (Wildman–Crippen LogP) is 2.13. The van der Waals surface area contributed by atoms with Crippen LogP contribution < -0.4 is 0 Å². The minimum absolute atomic E-state index is 0.0654. The maximum atomic E-state index is 10.7. The molecule has 0 aromatic heterocycles. The molecule has 0 aliphatic carbocycles. The number of rotatable bonds is 8. The molecule has 0 aromatic rings. The highest BCUT2D eigenvalue weighted by molar-refractivity contribution is 5.70. The van der Waals surface area contributed by atoms with Gasteiger partial charge in [0, 0.05) is 6.42 Å². The van der Waals surface area contributed by atoms with Crippen LogP contribution >= 0.6 is 0 Å². The molecule has 82 valence electrons. The van der Waals surface area contributed by atoms with Crippen molar-refractivity contribution in [3.63, 3.8) is 0 Å². The zero-order valence-corrected chi connectivity index (χ0v) is 8.53. The van der Waals surface area contributed by atoms with Crippen molar-refractivity contribution in [2.45, 2.75) is 45.4 Å². The molecular formula is C10H18O4. The molecule has 0 aliphatic rings. The van der Waals surface area contributed by atoms with Crippen molar-refractivity contribution in [2.75, 3.05) is 0 Å². The second-order valence-electron chi connectivity index (χ2n) is 3.46. The topological polar surface area (TPSA) is 74.6 Å². The summed E-state index contributed by atoms with van der Waals surface area (Å²) in [5, 5.41) is 17.2. The van der Waals surface area contributed by atoms with Gasteiger partial charge in [-0.05, 0) is 19.3 Å². The molecule has 1 unspecified atom stereocenters. The van der Waals surface area contributed by atoms with Gasteiger partial charge in [0.1, 0.15) is 0 Å². The van der Waals surface area contributed by atoms with Crippen molar-refractivity contribution in [3.05, 3.63) is 0 Å². The van der Waals surface area contributed by atoms with E-state index in [1.54, 1.807) is 0 Å². The van der Waals surface area contributed by atoms with Gasteiger partial charge in [-0.25, -0.2) is 0 Å². The molecule has 0 saturated carbocycles. The number of aliphatic carboxylic acids is 2. The quantitative estimate of drug-likeness (QED) is 0.632. The van der Waals surface area contributed by atoms with E-state index in [0.717, 1.165) is 12.8 Å². The van der Waals surface area contributed by atoms with Gasteiger partial charge < -0.3 is 10.2 Å². The van der Waals surface area contributed by atoms with Crippen LogP contribution in [0, 0.1) is 5.92 Å². The molecule has 0 aliphatic heterocycles. The molecule has 0 fully saturated rings. The number of hydrogen-bond donors (Lipinski definition) is 2. The average Bonchev–Trinajstić information content (AvgIpc) is 2.09. The summed E-state index contributed by atoms with van der Waals surface area (Å²) >= 11 is 0. The standard InChI is InChI=1S/C10H18O4/c1-2-3-5-8(10(13)14)6-4-7-9(11)12/h8H,2-7H2,1H3,(H,11,12)(H,13,14). The highest BCUT2D eigenvalue weighted by Crippen LogP contribution is 2.16. The Morgan fingerprint density at radius 1 is 1.14 bits per heavy atom. The Labute approximate surface area is 83.9 Å². The summed E-state index contributed by atoms with van der Waals surface area (Å²) in [5.74, 6) is -2.03. The fraction of sp³-hybridized carbons (Fsp3) is 0.800. The molecule has 0 radical (unpaired) electrons. The van der Waals surface area contributed by atoms with E-state index < -0.39 is 11.9 Å². The van der Waals surface area contributed by atoms with Crippen LogP contribution in [0.2, 0.25) is 0 Å². The van der Waals surface area contributed by atoms with Crippen molar-refractivity contribution in [3.8, 4) is 0 Å². The van der Waals surface area contributed by atoms with Gasteiger partial charge in [-0.2, -0.15) is 0 Å². The van der Waals surface area contributed by atoms with E-state index in [2.05, 4.69) is 0 Å². The first kappa shape index (κ1) is 12.9. The molecule has 0 bridgehead atoms. The lowest BCUT2D eigenvalue weighted by atomic mass is 9.96. The largest absolute Gasteiger partial charge is 0.481 e. The fourth-order valence-corrected chi connectivity index (χ4v) is 1.34. The second kappa shape index (κ2) is 7.35. The first-order valence-electron chi connectivity index (χ1n) is 5.02. The molecule has 2 N–H and O–H groups in total. The molecule has 1 atom stereocenters. The molecule has 0 heterocycles. The van der Waals surface area contributed by atoms with Crippen LogP contribution in [0.3, 0.4) is 0 Å². The Hall–Kier alpha value is -1.06. The molecule has 0 spiro atoms. The summed E-state index contributed by atoms with van der Waals surface area (Å²) in [6.07, 6.45) is 3.52. The van der Waals surface area contributed by atoms with Crippen LogP contribution in [0.1, 0.15) is 45.4 Å². The summed E-state index contributed by atoms with van der Waals surface area (Å²) in [6.45, 7) is 2.01. The molecule has 0 saturated heterocycles. The zero-order chi connectivity index (χ0) is 11.0. The lowest BCUT2D eigenvalue weighted by molar-refractivity contribution is -0.143. The minimum atomic E-state index is -0.857. The average molecular weight is 202 g/mol. The summed E-state index contributed by atoms with van der Waals surface area (Å²) < 4.78 is 0. The highest BCUT2D eigenvalue weighted by Gasteiger charge is 2.16. The number of carboxylic acid groups (broad SMARTS) is 2. The monoisotopic (exact) mass is 202 g/mol. The Morgan fingerprint density at radius 2 is 1.71 bits per heavy atom. The zero-order valence-electron chi connectivity index (χ0n) is 8.53. The predicted molar refractivity (Wildman–Crippen MR) is 52.1 cm³/mol. The fourth-order valence-electron chi connectivity index (χ4n) is 1.34. The van der Waals surface area contributed by atoms with Crippen molar-refractivity contribution in [1.29, 1.82) is 0 Å². The van der Waals surface area contributed by atoms with Gasteiger partial charge in [-0.15, -0.1) is 0 Å². The highest BCUT2D eigenvalue weighted by atomic mass is 16.4. The molecule has 0 amide bonds. The molecule has 4 heteroatoms. The van der Waals surface area contributed by atoms with Gasteiger partial charge in [0.25, 0.3) is 0 Å². The van der Waals surface area contributed by atoms with E-state index in [1.807, 2.05) is 6.92 Å². The van der Waals surface area contributed by atoms with Crippen molar-refractivity contribution in [1.82, 2.24) is 0 Å². The first-order valence-corrected chi connectivity index (χ1v) is 5.02. The van der Waals surface area contributed by atoms with E-state index in [-0.39, 0.29) is 12.3 Å². The van der Waals surface area contributed by atoms with Crippen molar-refractivity contribution < 1.29 is 19.8 Å². The molecule has 0 rings (SSSR count). The Bertz CT molecular complexity index is 189. The van der Waals surface area contributed by atoms with Gasteiger partial charge in [-0.1, -0.05) is 19.8 Å². The molecule has 4 nitrogen and oxygen atoms in total. The van der Waals surface area contributed by atoms with E-state index in [0.29, 0.717) is 19.3 Å². The second-order valence-corrected chi connectivity index (χ2v) is 3.46. The maximum Gasteiger partial charge on any atom is 0.306 e. The third-order valence-corrected chi connectivity index (χ3v) is 2.20. The summed E-state index contributed by atoms with van der Waals surface area (Å²) in [7, 11) is 0. The lowest BCUT2D eigenvalue weighted by Crippen LogP contribution is -2.14. The lowest BCUT2D eigenvalue weighted by Gasteiger charge is -2.10. The third kappa shape index (κ3) is 6.46. The van der Waals surface area contributed by atoms with Crippen LogP contribution in [0.25, 0.3) is 0 Å². The van der Waals surface area contributed by atoms with Crippen LogP contribution in [-0.2, 0) is 9.59 Å². The maximum absolute atomic E-state index is 10.7. The van der Waals surface area contributed by atoms with E-state index >= 15 is 0 Å². The van der Waals surface area contributed by atoms with Crippen LogP contribution in [-0.4, -0.2) is 22.2 Å². The van der Waals surface area contributed by atoms with Crippen LogP contribution in [0.15, 0.2) is 0 Å². The summed E-state index contributed by atoms with van der Waals surface area (Å²) in [4.78, 5) is 21.0. The van der Waals surface area contributed by atoms with Gasteiger partial charge >= 0.3 is 11.9 Å². The SMILES string of the molecule is CCCCC(CCCC(=O)O)C(=O)O. The summed E-state index contributed by atoms with van der Waals surface area (Å²) in [5.41, 5.74) is 0. The molecule has 14 heavy (non-hydrogen) atoms. The van der Waals surface area contributed by atoms with Crippen molar-refractivity contribution in [2.24, 2.45) is 5.92 Å². The van der Waals surface area contributed by atoms with Gasteiger partial charge in [-0.3, -0.25) is 9.59 Å². The number of carboxylic acids is 2. The molecular weight excluding hydrogens is 184 g/mol. The third-order valence-electron chi connectivity index (χ3n) is 2.20. The number of carbonyl (C=O) groups is 2. The number of hydrogen-bond acceptors (Lipinski definition) is 2. The Kier molecular flexibility index (Phi) is 6.80. The van der Waals surface area contributed by atoms with Gasteiger partial charge in [0.05, 0.1) is 5.92 Å². The smallest absolute Gasteiger partial charge is 0.306 e. The van der Waals surface area contributed by atoms with E-state index in [4.69, 9.17) is 10.2 Å². The normalized spacial score (nSPS) is 12.4. The first-order chi connectivity index (χ1) is 6.57. The van der Waals surface area contributed by atoms with Gasteiger partial charge in [0.15, 0.2) is 0 Å². The minimum Gasteiger partial charge on any atom is -0.481 e. The number of unbranched alkanes of at least 4 members (excludes halogenated alkanes) is 1. The Morgan fingerprint density at radius 3 is 2.14 bits per heavy atom. The molecule has 0 aromatic carbocycles. The van der Waals surface area contributed by atoms with E-state index in [1.165, 1.54) is 0 Å². The van der Waals surface area contributed by atoms with Crippen molar-refractivity contribution >= 4 is 11.9 Å². The summed E-state index contributed by atoms with van der Waals surface area (Å²) in [6, 6.07) is 0.